The van der Waals surface area contributed by atoms with Crippen molar-refractivity contribution in [2.75, 3.05) is 32.9 Å². The van der Waals surface area contributed by atoms with E-state index in [1.54, 1.807) is 16.7 Å². The third kappa shape index (κ3) is 7.39. The van der Waals surface area contributed by atoms with E-state index in [9.17, 15) is 9.59 Å². The van der Waals surface area contributed by atoms with Crippen LogP contribution in [0.4, 0.5) is 0 Å². The molecule has 1 unspecified atom stereocenters. The van der Waals surface area contributed by atoms with Gasteiger partial charge in [-0.15, -0.1) is 11.8 Å². The van der Waals surface area contributed by atoms with Gasteiger partial charge in [0, 0.05) is 25.3 Å². The summed E-state index contributed by atoms with van der Waals surface area (Å²) in [4.78, 5) is 25.6. The molecular weight excluding hydrogens is 400 g/mol. The van der Waals surface area contributed by atoms with E-state index >= 15 is 0 Å². The molecule has 0 bridgehead atoms. The summed E-state index contributed by atoms with van der Waals surface area (Å²) >= 11 is 1.70. The zero-order chi connectivity index (χ0) is 21.0. The number of nitrogens with zero attached hydrogens (tertiary/aromatic N) is 1. The van der Waals surface area contributed by atoms with Crippen LogP contribution in [0.25, 0.3) is 0 Å². The molecule has 1 aliphatic heterocycles. The van der Waals surface area contributed by atoms with Gasteiger partial charge in [0.2, 0.25) is 11.8 Å². The zero-order valence-corrected chi connectivity index (χ0v) is 17.8. The van der Waals surface area contributed by atoms with Gasteiger partial charge in [-0.2, -0.15) is 0 Å². The Morgan fingerprint density at radius 1 is 1.03 bits per heavy atom. The van der Waals surface area contributed by atoms with Gasteiger partial charge in [-0.05, 0) is 17.7 Å². The monoisotopic (exact) mass is 428 g/mol. The maximum atomic E-state index is 12.1. The Morgan fingerprint density at radius 2 is 1.77 bits per heavy atom. The predicted octanol–water partition coefficient (Wildman–Crippen LogP) is 3.08. The lowest BCUT2D eigenvalue weighted by Crippen LogP contribution is -2.54. The Kier molecular flexibility index (Phi) is 9.05. The van der Waals surface area contributed by atoms with Gasteiger partial charge >= 0.3 is 0 Å². The lowest BCUT2D eigenvalue weighted by molar-refractivity contribution is -0.145. The molecule has 30 heavy (non-hydrogen) atoms. The van der Waals surface area contributed by atoms with Crippen molar-refractivity contribution in [2.45, 2.75) is 24.0 Å². The van der Waals surface area contributed by atoms with Crippen molar-refractivity contribution in [1.82, 2.24) is 10.2 Å². The predicted molar refractivity (Wildman–Crippen MR) is 118 cm³/mol. The van der Waals surface area contributed by atoms with Gasteiger partial charge in [-0.25, -0.2) is 0 Å². The number of para-hydroxylation sites is 1. The van der Waals surface area contributed by atoms with Crippen molar-refractivity contribution in [3.63, 3.8) is 0 Å². The van der Waals surface area contributed by atoms with Gasteiger partial charge < -0.3 is 19.7 Å². The standard InChI is InChI=1S/C23H28N2O4S/c26-21(24-12-15-28-13-7-14-29-20-10-5-2-6-11-20)17-25-22(27)16-23(25)30-18-19-8-3-1-4-9-19/h1-6,8-11,23H,7,12-18H2,(H,24,26). The minimum atomic E-state index is -0.149. The average molecular weight is 429 g/mol. The van der Waals surface area contributed by atoms with Crippen LogP contribution < -0.4 is 10.1 Å². The molecular formula is C23H28N2O4S. The van der Waals surface area contributed by atoms with Crippen LogP contribution in [0.2, 0.25) is 0 Å². The number of carbonyl (C=O) groups is 2. The fourth-order valence-electron chi connectivity index (χ4n) is 2.97. The summed E-state index contributed by atoms with van der Waals surface area (Å²) in [5.74, 6) is 1.57. The summed E-state index contributed by atoms with van der Waals surface area (Å²) in [5.41, 5.74) is 1.22. The lowest BCUT2D eigenvalue weighted by Gasteiger charge is -2.39. The molecule has 0 spiro atoms. The van der Waals surface area contributed by atoms with Crippen molar-refractivity contribution in [3.8, 4) is 5.75 Å². The second-order valence-electron chi connectivity index (χ2n) is 6.95. The number of benzene rings is 2. The molecule has 6 nitrogen and oxygen atoms in total. The highest BCUT2D eigenvalue weighted by Gasteiger charge is 2.37. The van der Waals surface area contributed by atoms with E-state index in [-0.39, 0.29) is 23.7 Å². The second-order valence-corrected chi connectivity index (χ2v) is 8.12. The maximum Gasteiger partial charge on any atom is 0.239 e. The fraction of sp³-hybridized carbons (Fsp3) is 0.391. The van der Waals surface area contributed by atoms with Gasteiger partial charge in [0.1, 0.15) is 12.3 Å². The first-order chi connectivity index (χ1) is 14.7. The van der Waals surface area contributed by atoms with Crippen LogP contribution in [0, 0.1) is 0 Å². The first-order valence-electron chi connectivity index (χ1n) is 10.2. The van der Waals surface area contributed by atoms with Crippen molar-refractivity contribution >= 4 is 23.6 Å². The highest BCUT2D eigenvalue weighted by molar-refractivity contribution is 7.99. The Labute approximate surface area is 181 Å². The third-order valence-corrected chi connectivity index (χ3v) is 5.94. The topological polar surface area (TPSA) is 67.9 Å². The van der Waals surface area contributed by atoms with E-state index in [2.05, 4.69) is 17.4 Å². The van der Waals surface area contributed by atoms with Crippen LogP contribution in [-0.4, -0.2) is 55.0 Å². The number of amides is 2. The minimum absolute atomic E-state index is 0.0328. The number of thioether (sulfide) groups is 1. The maximum absolute atomic E-state index is 12.1. The van der Waals surface area contributed by atoms with Crippen molar-refractivity contribution < 1.29 is 19.1 Å². The zero-order valence-electron chi connectivity index (χ0n) is 17.0. The van der Waals surface area contributed by atoms with E-state index in [0.29, 0.717) is 32.8 Å². The number of likely N-dealkylation sites (tertiary alicyclic amines) is 1. The molecule has 7 heteroatoms. The van der Waals surface area contributed by atoms with Crippen LogP contribution in [0.1, 0.15) is 18.4 Å². The first kappa shape index (κ1) is 22.2. The van der Waals surface area contributed by atoms with Gasteiger partial charge in [0.15, 0.2) is 0 Å². The Balaban J connectivity index is 1.21. The number of hydrogen-bond donors (Lipinski definition) is 1. The van der Waals surface area contributed by atoms with Crippen LogP contribution in [-0.2, 0) is 20.1 Å². The largest absolute Gasteiger partial charge is 0.494 e. The van der Waals surface area contributed by atoms with Crippen LogP contribution in [0.5, 0.6) is 5.75 Å². The fourth-order valence-corrected chi connectivity index (χ4v) is 4.18. The third-order valence-electron chi connectivity index (χ3n) is 4.63. The summed E-state index contributed by atoms with van der Waals surface area (Å²) in [6, 6.07) is 19.8. The Hall–Kier alpha value is -2.51. The molecule has 1 fully saturated rings. The molecule has 160 valence electrons. The molecule has 2 aromatic carbocycles. The van der Waals surface area contributed by atoms with Crippen molar-refractivity contribution in [3.05, 3.63) is 66.2 Å². The highest BCUT2D eigenvalue weighted by atomic mass is 32.2. The smallest absolute Gasteiger partial charge is 0.239 e. The summed E-state index contributed by atoms with van der Waals surface area (Å²) in [5, 5.41) is 2.89. The molecule has 0 aliphatic carbocycles. The Morgan fingerprint density at radius 3 is 2.50 bits per heavy atom. The average Bonchev–Trinajstić information content (AvgIpc) is 2.78. The van der Waals surface area contributed by atoms with E-state index in [4.69, 9.17) is 9.47 Å². The molecule has 0 saturated carbocycles. The molecule has 1 aliphatic rings. The van der Waals surface area contributed by atoms with E-state index in [1.165, 1.54) is 5.56 Å². The highest BCUT2D eigenvalue weighted by Crippen LogP contribution is 2.31. The minimum Gasteiger partial charge on any atom is -0.494 e. The molecule has 0 radical (unpaired) electrons. The molecule has 0 aromatic heterocycles. The summed E-state index contributed by atoms with van der Waals surface area (Å²) in [6.45, 7) is 2.15. The number of hydrogen-bond acceptors (Lipinski definition) is 5. The summed E-state index contributed by atoms with van der Waals surface area (Å²) in [7, 11) is 0. The number of ether oxygens (including phenoxy) is 2. The quantitative estimate of drug-likeness (QED) is 0.392. The summed E-state index contributed by atoms with van der Waals surface area (Å²) < 4.78 is 11.1. The lowest BCUT2D eigenvalue weighted by atomic mass is 10.2. The number of carbonyl (C=O) groups excluding carboxylic acids is 2. The number of β-lactam (4-membered cyclic amide) rings is 1. The van der Waals surface area contributed by atoms with Gasteiger partial charge in [0.25, 0.3) is 0 Å². The number of rotatable bonds is 13. The van der Waals surface area contributed by atoms with E-state index in [1.807, 2.05) is 48.5 Å². The van der Waals surface area contributed by atoms with Crippen LogP contribution in [0.3, 0.4) is 0 Å². The Bertz CT molecular complexity index is 788. The normalized spacial score (nSPS) is 15.5. The molecule has 1 atom stereocenters. The number of nitrogens with one attached hydrogen (secondary N) is 1. The molecule has 2 amide bonds. The molecule has 1 N–H and O–H groups in total. The molecule has 3 rings (SSSR count). The van der Waals surface area contributed by atoms with E-state index in [0.717, 1.165) is 17.9 Å². The van der Waals surface area contributed by atoms with Gasteiger partial charge in [-0.1, -0.05) is 48.5 Å². The van der Waals surface area contributed by atoms with Gasteiger partial charge in [-0.3, -0.25) is 9.59 Å². The van der Waals surface area contributed by atoms with Crippen LogP contribution in [0.15, 0.2) is 60.7 Å². The van der Waals surface area contributed by atoms with Crippen molar-refractivity contribution in [1.29, 1.82) is 0 Å². The SMILES string of the molecule is O=C(CN1C(=O)CC1SCc1ccccc1)NCCOCCCOc1ccccc1. The molecule has 2 aromatic rings. The molecule has 1 saturated heterocycles. The van der Waals surface area contributed by atoms with Crippen molar-refractivity contribution in [2.24, 2.45) is 0 Å². The second kappa shape index (κ2) is 12.2. The van der Waals surface area contributed by atoms with Crippen LogP contribution >= 0.6 is 11.8 Å². The van der Waals surface area contributed by atoms with E-state index < -0.39 is 0 Å². The molecule has 1 heterocycles. The first-order valence-corrected chi connectivity index (χ1v) is 11.2. The summed E-state index contributed by atoms with van der Waals surface area (Å²) in [6.07, 6.45) is 1.28. The van der Waals surface area contributed by atoms with Gasteiger partial charge in [0.05, 0.1) is 25.0 Å².